The first-order valence-corrected chi connectivity index (χ1v) is 7.04. The number of rotatable bonds is 1. The van der Waals surface area contributed by atoms with Crippen molar-refractivity contribution in [1.29, 1.82) is 0 Å². The van der Waals surface area contributed by atoms with Crippen molar-refractivity contribution in [2.45, 2.75) is 25.6 Å². The van der Waals surface area contributed by atoms with E-state index in [4.69, 9.17) is 9.47 Å². The molecule has 1 spiro atoms. The van der Waals surface area contributed by atoms with E-state index in [-0.39, 0.29) is 5.56 Å². The highest BCUT2D eigenvalue weighted by molar-refractivity contribution is 5.95. The number of nitrogens with zero attached hydrogens (tertiary/aromatic N) is 1. The van der Waals surface area contributed by atoms with Crippen LogP contribution in [0.5, 0.6) is 0 Å². The Morgan fingerprint density at radius 2 is 1.81 bits per heavy atom. The van der Waals surface area contributed by atoms with Gasteiger partial charge in [0.2, 0.25) is 0 Å². The third-order valence-electron chi connectivity index (χ3n) is 4.12. The van der Waals surface area contributed by atoms with Gasteiger partial charge in [-0.25, -0.2) is 8.78 Å². The molecule has 0 bridgehead atoms. The van der Waals surface area contributed by atoms with Crippen LogP contribution in [-0.4, -0.2) is 42.9 Å². The van der Waals surface area contributed by atoms with Crippen molar-refractivity contribution < 1.29 is 23.0 Å². The maximum Gasteiger partial charge on any atom is 0.259 e. The van der Waals surface area contributed by atoms with E-state index in [9.17, 15) is 13.6 Å². The van der Waals surface area contributed by atoms with E-state index in [1.807, 2.05) is 0 Å². The molecule has 2 aliphatic heterocycles. The molecule has 0 N–H and O–H groups in total. The van der Waals surface area contributed by atoms with Crippen molar-refractivity contribution in [1.82, 2.24) is 4.90 Å². The molecule has 2 saturated heterocycles. The van der Waals surface area contributed by atoms with Crippen LogP contribution in [0.25, 0.3) is 0 Å². The second-order valence-electron chi connectivity index (χ2n) is 5.45. The first kappa shape index (κ1) is 14.4. The van der Waals surface area contributed by atoms with E-state index in [1.165, 1.54) is 17.9 Å². The Bertz CT molecular complexity index is 560. The molecule has 2 fully saturated rings. The summed E-state index contributed by atoms with van der Waals surface area (Å²) < 4.78 is 39.0. The Morgan fingerprint density at radius 1 is 1.19 bits per heavy atom. The van der Waals surface area contributed by atoms with Gasteiger partial charge in [-0.05, 0) is 18.6 Å². The molecule has 6 heteroatoms. The molecule has 1 amide bonds. The first-order chi connectivity index (χ1) is 10.0. The molecule has 0 aliphatic carbocycles. The van der Waals surface area contributed by atoms with Crippen molar-refractivity contribution in [2.24, 2.45) is 0 Å². The molecule has 1 aromatic rings. The Morgan fingerprint density at radius 3 is 2.43 bits per heavy atom. The lowest BCUT2D eigenvalue weighted by atomic mass is 10.0. The number of carbonyl (C=O) groups is 1. The Hall–Kier alpha value is -1.53. The number of hydrogen-bond acceptors (Lipinski definition) is 3. The predicted octanol–water partition coefficient (Wildman–Crippen LogP) is 2.25. The SMILES string of the molecule is Cc1ccc(F)c(C(=O)N2CCC3(CC2)OCCO3)c1F. The normalized spacial score (nSPS) is 21.0. The van der Waals surface area contributed by atoms with Gasteiger partial charge in [0.05, 0.1) is 13.2 Å². The zero-order valence-electron chi connectivity index (χ0n) is 11.8. The molecular formula is C15H17F2NO3. The lowest BCUT2D eigenvalue weighted by Crippen LogP contribution is -2.47. The quantitative estimate of drug-likeness (QED) is 0.798. The van der Waals surface area contributed by atoms with Gasteiger partial charge in [-0.1, -0.05) is 6.07 Å². The number of likely N-dealkylation sites (tertiary alicyclic amines) is 1. The molecule has 114 valence electrons. The summed E-state index contributed by atoms with van der Waals surface area (Å²) in [4.78, 5) is 13.8. The van der Waals surface area contributed by atoms with E-state index >= 15 is 0 Å². The molecule has 2 heterocycles. The molecule has 21 heavy (non-hydrogen) atoms. The molecule has 3 rings (SSSR count). The topological polar surface area (TPSA) is 38.8 Å². The van der Waals surface area contributed by atoms with Crippen LogP contribution in [0.2, 0.25) is 0 Å². The van der Waals surface area contributed by atoms with Gasteiger partial charge in [0.15, 0.2) is 5.79 Å². The second-order valence-corrected chi connectivity index (χ2v) is 5.45. The average Bonchev–Trinajstić information content (AvgIpc) is 2.92. The molecule has 2 aliphatic rings. The fourth-order valence-corrected chi connectivity index (χ4v) is 2.85. The zero-order chi connectivity index (χ0) is 15.0. The third kappa shape index (κ3) is 2.53. The minimum Gasteiger partial charge on any atom is -0.347 e. The second kappa shape index (κ2) is 5.35. The summed E-state index contributed by atoms with van der Waals surface area (Å²) in [5, 5.41) is 0. The summed E-state index contributed by atoms with van der Waals surface area (Å²) >= 11 is 0. The molecule has 0 unspecified atom stereocenters. The number of piperidine rings is 1. The Labute approximate surface area is 121 Å². The minimum atomic E-state index is -0.822. The van der Waals surface area contributed by atoms with Gasteiger partial charge in [0, 0.05) is 25.9 Å². The molecule has 0 atom stereocenters. The maximum atomic E-state index is 14.0. The number of aryl methyl sites for hydroxylation is 1. The summed E-state index contributed by atoms with van der Waals surface area (Å²) in [5.41, 5.74) is -0.213. The average molecular weight is 297 g/mol. The summed E-state index contributed by atoms with van der Waals surface area (Å²) in [6, 6.07) is 2.45. The van der Waals surface area contributed by atoms with Gasteiger partial charge in [0.1, 0.15) is 17.2 Å². The summed E-state index contributed by atoms with van der Waals surface area (Å²) in [6.07, 6.45) is 1.04. The summed E-state index contributed by atoms with van der Waals surface area (Å²) in [6.45, 7) is 3.35. The molecule has 0 radical (unpaired) electrons. The van der Waals surface area contributed by atoms with Gasteiger partial charge < -0.3 is 14.4 Å². The van der Waals surface area contributed by atoms with E-state index < -0.39 is 28.9 Å². The monoisotopic (exact) mass is 297 g/mol. The highest BCUT2D eigenvalue weighted by Crippen LogP contribution is 2.32. The number of ether oxygens (including phenoxy) is 2. The standard InChI is InChI=1S/C15H17F2NO3/c1-10-2-3-11(16)12(13(10)17)14(19)18-6-4-15(5-7-18)20-8-9-21-15/h2-3H,4-9H2,1H3. The molecule has 0 aromatic heterocycles. The van der Waals surface area contributed by atoms with Gasteiger partial charge in [-0.15, -0.1) is 0 Å². The van der Waals surface area contributed by atoms with Crippen LogP contribution in [0, 0.1) is 18.6 Å². The van der Waals surface area contributed by atoms with Gasteiger partial charge >= 0.3 is 0 Å². The molecule has 1 aromatic carbocycles. The highest BCUT2D eigenvalue weighted by atomic mass is 19.1. The van der Waals surface area contributed by atoms with Crippen LogP contribution in [0.15, 0.2) is 12.1 Å². The van der Waals surface area contributed by atoms with Gasteiger partial charge in [0.25, 0.3) is 5.91 Å². The van der Waals surface area contributed by atoms with Crippen LogP contribution < -0.4 is 0 Å². The van der Waals surface area contributed by atoms with E-state index in [1.54, 1.807) is 0 Å². The van der Waals surface area contributed by atoms with E-state index in [0.717, 1.165) is 6.07 Å². The van der Waals surface area contributed by atoms with Crippen molar-refractivity contribution in [3.05, 3.63) is 34.9 Å². The molecule has 0 saturated carbocycles. The summed E-state index contributed by atoms with van der Waals surface area (Å²) in [7, 11) is 0. The van der Waals surface area contributed by atoms with Crippen LogP contribution in [0.1, 0.15) is 28.8 Å². The van der Waals surface area contributed by atoms with Crippen molar-refractivity contribution in [2.75, 3.05) is 26.3 Å². The molecular weight excluding hydrogens is 280 g/mol. The largest absolute Gasteiger partial charge is 0.347 e. The third-order valence-corrected chi connectivity index (χ3v) is 4.12. The number of hydrogen-bond donors (Lipinski definition) is 0. The van der Waals surface area contributed by atoms with Crippen LogP contribution >= 0.6 is 0 Å². The van der Waals surface area contributed by atoms with Crippen LogP contribution in [0.4, 0.5) is 8.78 Å². The Balaban J connectivity index is 1.77. The maximum absolute atomic E-state index is 14.0. The molecule has 4 nitrogen and oxygen atoms in total. The first-order valence-electron chi connectivity index (χ1n) is 7.04. The number of benzene rings is 1. The zero-order valence-corrected chi connectivity index (χ0v) is 11.8. The lowest BCUT2D eigenvalue weighted by Gasteiger charge is -2.37. The van der Waals surface area contributed by atoms with Crippen molar-refractivity contribution in [3.63, 3.8) is 0 Å². The van der Waals surface area contributed by atoms with E-state index in [0.29, 0.717) is 39.1 Å². The van der Waals surface area contributed by atoms with Crippen LogP contribution in [-0.2, 0) is 9.47 Å². The van der Waals surface area contributed by atoms with Gasteiger partial charge in [-0.2, -0.15) is 0 Å². The minimum absolute atomic E-state index is 0.260. The van der Waals surface area contributed by atoms with Crippen LogP contribution in [0.3, 0.4) is 0 Å². The fourth-order valence-electron chi connectivity index (χ4n) is 2.85. The number of carbonyl (C=O) groups excluding carboxylic acids is 1. The van der Waals surface area contributed by atoms with Crippen molar-refractivity contribution in [3.8, 4) is 0 Å². The lowest BCUT2D eigenvalue weighted by molar-refractivity contribution is -0.181. The highest BCUT2D eigenvalue weighted by Gasteiger charge is 2.41. The predicted molar refractivity (Wildman–Crippen MR) is 70.9 cm³/mol. The smallest absolute Gasteiger partial charge is 0.259 e. The number of amides is 1. The fraction of sp³-hybridized carbons (Fsp3) is 0.533. The summed E-state index contributed by atoms with van der Waals surface area (Å²) in [5.74, 6) is -2.83. The van der Waals surface area contributed by atoms with Gasteiger partial charge in [-0.3, -0.25) is 4.79 Å². The van der Waals surface area contributed by atoms with Crippen molar-refractivity contribution >= 4 is 5.91 Å². The van der Waals surface area contributed by atoms with E-state index in [2.05, 4.69) is 0 Å². The number of halogens is 2. The Kier molecular flexibility index (Phi) is 3.67.